The summed E-state index contributed by atoms with van der Waals surface area (Å²) in [5.41, 5.74) is 4.01. The third-order valence-corrected chi connectivity index (χ3v) is 6.51. The molecule has 6 heteroatoms. The van der Waals surface area contributed by atoms with Gasteiger partial charge in [-0.25, -0.2) is 8.42 Å². The molecule has 1 saturated carbocycles. The van der Waals surface area contributed by atoms with Gasteiger partial charge in [-0.1, -0.05) is 18.6 Å². The minimum absolute atomic E-state index is 0.0246. The van der Waals surface area contributed by atoms with Crippen molar-refractivity contribution in [2.75, 3.05) is 6.26 Å². The van der Waals surface area contributed by atoms with E-state index in [4.69, 9.17) is 5.84 Å². The number of hydrazine groups is 1. The zero-order valence-electron chi connectivity index (χ0n) is 11.5. The van der Waals surface area contributed by atoms with Crippen LogP contribution in [0.2, 0.25) is 0 Å². The Morgan fingerprint density at radius 3 is 2.50 bits per heavy atom. The first-order chi connectivity index (χ1) is 9.41. The van der Waals surface area contributed by atoms with Gasteiger partial charge in [-0.15, -0.1) is 0 Å². The summed E-state index contributed by atoms with van der Waals surface area (Å²) < 4.78 is 24.7. The maximum atomic E-state index is 11.8. The third-order valence-electron chi connectivity index (χ3n) is 4.15. The molecular weight excluding hydrogens is 387 g/mol. The van der Waals surface area contributed by atoms with Crippen LogP contribution in [0.3, 0.4) is 0 Å². The van der Waals surface area contributed by atoms with Crippen molar-refractivity contribution in [3.05, 3.63) is 33.4 Å². The minimum Gasteiger partial charge on any atom is -0.271 e. The van der Waals surface area contributed by atoms with E-state index in [9.17, 15) is 8.42 Å². The summed E-state index contributed by atoms with van der Waals surface area (Å²) in [7, 11) is -2.96. The monoisotopic (exact) mass is 408 g/mol. The van der Waals surface area contributed by atoms with Crippen molar-refractivity contribution in [3.8, 4) is 0 Å². The summed E-state index contributed by atoms with van der Waals surface area (Å²) in [4.78, 5) is 0. The molecule has 3 unspecified atom stereocenters. The Hall–Kier alpha value is -0.180. The summed E-state index contributed by atoms with van der Waals surface area (Å²) >= 11 is 2.27. The molecular formula is C14H21IN2O2S. The Morgan fingerprint density at radius 1 is 1.30 bits per heavy atom. The van der Waals surface area contributed by atoms with Gasteiger partial charge in [-0.3, -0.25) is 11.3 Å². The number of sulfone groups is 1. The van der Waals surface area contributed by atoms with Crippen molar-refractivity contribution in [2.24, 2.45) is 11.8 Å². The van der Waals surface area contributed by atoms with Gasteiger partial charge in [0.15, 0.2) is 0 Å². The number of benzene rings is 1. The standard InChI is InChI=1S/C14H21IN2O2S/c1-20(18,19)13-4-2-3-11(9-13)14(17-16)10-5-7-12(15)8-6-10/h5-8,11,13-14,17H,2-4,9,16H2,1H3. The fraction of sp³-hybridized carbons (Fsp3) is 0.571. The van der Waals surface area contributed by atoms with Crippen molar-refractivity contribution in [3.63, 3.8) is 0 Å². The van der Waals surface area contributed by atoms with Crippen molar-refractivity contribution in [2.45, 2.75) is 37.0 Å². The Bertz CT molecular complexity index is 545. The van der Waals surface area contributed by atoms with Gasteiger partial charge >= 0.3 is 0 Å². The predicted octanol–water partition coefficient (Wildman–Crippen LogP) is 2.40. The average Bonchev–Trinajstić information content (AvgIpc) is 2.41. The lowest BCUT2D eigenvalue weighted by Gasteiger charge is -2.33. The van der Waals surface area contributed by atoms with Crippen LogP contribution in [0.1, 0.15) is 37.3 Å². The molecule has 0 radical (unpaired) electrons. The SMILES string of the molecule is CS(=O)(=O)C1CCCC(C(NN)c2ccc(I)cc2)C1. The smallest absolute Gasteiger partial charge is 0.150 e. The Kier molecular flexibility index (Phi) is 5.44. The highest BCUT2D eigenvalue weighted by Gasteiger charge is 2.33. The first-order valence-corrected chi connectivity index (χ1v) is 9.85. The second-order valence-electron chi connectivity index (χ2n) is 5.57. The molecule has 1 fully saturated rings. The molecule has 0 saturated heterocycles. The molecule has 0 aliphatic heterocycles. The van der Waals surface area contributed by atoms with Crippen LogP contribution in [0.4, 0.5) is 0 Å². The van der Waals surface area contributed by atoms with E-state index in [0.29, 0.717) is 6.42 Å². The first-order valence-electron chi connectivity index (χ1n) is 6.82. The van der Waals surface area contributed by atoms with Crippen molar-refractivity contribution in [1.82, 2.24) is 5.43 Å². The number of rotatable bonds is 4. The number of hydrogen-bond donors (Lipinski definition) is 2. The topological polar surface area (TPSA) is 72.2 Å². The van der Waals surface area contributed by atoms with Crippen LogP contribution in [0.25, 0.3) is 0 Å². The summed E-state index contributed by atoms with van der Waals surface area (Å²) in [5.74, 6) is 6.00. The average molecular weight is 408 g/mol. The zero-order chi connectivity index (χ0) is 14.8. The number of halogens is 1. The van der Waals surface area contributed by atoms with Gasteiger partial charge in [0.2, 0.25) is 0 Å². The van der Waals surface area contributed by atoms with Gasteiger partial charge in [-0.2, -0.15) is 0 Å². The van der Waals surface area contributed by atoms with Gasteiger partial charge in [0, 0.05) is 15.9 Å². The van der Waals surface area contributed by atoms with Gasteiger partial charge in [0.1, 0.15) is 9.84 Å². The lowest BCUT2D eigenvalue weighted by Crippen LogP contribution is -2.38. The second kappa shape index (κ2) is 6.72. The maximum absolute atomic E-state index is 11.8. The fourth-order valence-corrected chi connectivity index (χ4v) is 4.60. The lowest BCUT2D eigenvalue weighted by molar-refractivity contribution is 0.274. The van der Waals surface area contributed by atoms with Crippen LogP contribution in [-0.2, 0) is 9.84 Å². The molecule has 3 atom stereocenters. The highest BCUT2D eigenvalue weighted by Crippen LogP contribution is 2.36. The number of hydrogen-bond acceptors (Lipinski definition) is 4. The molecule has 3 N–H and O–H groups in total. The fourth-order valence-electron chi connectivity index (χ4n) is 3.05. The Morgan fingerprint density at radius 2 is 1.95 bits per heavy atom. The molecule has 1 aliphatic rings. The summed E-state index contributed by atoms with van der Waals surface area (Å²) in [6, 6.07) is 8.26. The van der Waals surface area contributed by atoms with Crippen LogP contribution in [0, 0.1) is 9.49 Å². The summed E-state index contributed by atoms with van der Waals surface area (Å²) in [6.07, 6.45) is 4.78. The predicted molar refractivity (Wildman–Crippen MR) is 89.8 cm³/mol. The van der Waals surface area contributed by atoms with Crippen LogP contribution in [0.5, 0.6) is 0 Å². The van der Waals surface area contributed by atoms with Gasteiger partial charge < -0.3 is 0 Å². The van der Waals surface area contributed by atoms with Crippen LogP contribution >= 0.6 is 22.6 Å². The van der Waals surface area contributed by atoms with E-state index < -0.39 is 9.84 Å². The highest BCUT2D eigenvalue weighted by atomic mass is 127. The van der Waals surface area contributed by atoms with E-state index >= 15 is 0 Å². The van der Waals surface area contributed by atoms with E-state index in [1.165, 1.54) is 9.83 Å². The Balaban J connectivity index is 2.17. The lowest BCUT2D eigenvalue weighted by atomic mass is 9.81. The quantitative estimate of drug-likeness (QED) is 0.456. The normalized spacial score (nSPS) is 25.4. The van der Waals surface area contributed by atoms with E-state index in [-0.39, 0.29) is 17.2 Å². The van der Waals surface area contributed by atoms with Crippen molar-refractivity contribution < 1.29 is 8.42 Å². The second-order valence-corrected chi connectivity index (χ2v) is 9.15. The largest absolute Gasteiger partial charge is 0.271 e. The summed E-state index contributed by atoms with van der Waals surface area (Å²) in [6.45, 7) is 0. The molecule has 20 heavy (non-hydrogen) atoms. The van der Waals surface area contributed by atoms with Crippen LogP contribution in [0.15, 0.2) is 24.3 Å². The zero-order valence-corrected chi connectivity index (χ0v) is 14.5. The molecule has 1 aliphatic carbocycles. The van der Waals surface area contributed by atoms with Crippen molar-refractivity contribution >= 4 is 32.4 Å². The number of nitrogens with one attached hydrogen (secondary N) is 1. The molecule has 0 bridgehead atoms. The van der Waals surface area contributed by atoms with Gasteiger partial charge in [0.05, 0.1) is 5.25 Å². The maximum Gasteiger partial charge on any atom is 0.150 e. The van der Waals surface area contributed by atoms with Crippen molar-refractivity contribution in [1.29, 1.82) is 0 Å². The molecule has 1 aromatic rings. The molecule has 112 valence electrons. The van der Waals surface area contributed by atoms with E-state index in [1.807, 2.05) is 0 Å². The minimum atomic E-state index is -2.96. The molecule has 1 aromatic carbocycles. The Labute approximate surface area is 134 Å². The first kappa shape index (κ1) is 16.2. The molecule has 0 amide bonds. The molecule has 0 heterocycles. The molecule has 2 rings (SSSR count). The van der Waals surface area contributed by atoms with Gasteiger partial charge in [-0.05, 0) is 65.5 Å². The molecule has 0 aromatic heterocycles. The van der Waals surface area contributed by atoms with E-state index in [2.05, 4.69) is 52.3 Å². The third kappa shape index (κ3) is 3.93. The van der Waals surface area contributed by atoms with E-state index in [0.717, 1.165) is 24.8 Å². The van der Waals surface area contributed by atoms with Crippen LogP contribution in [-0.4, -0.2) is 19.9 Å². The van der Waals surface area contributed by atoms with Gasteiger partial charge in [0.25, 0.3) is 0 Å². The highest BCUT2D eigenvalue weighted by molar-refractivity contribution is 14.1. The van der Waals surface area contributed by atoms with E-state index in [1.54, 1.807) is 0 Å². The van der Waals surface area contributed by atoms with Crippen LogP contribution < -0.4 is 11.3 Å². The molecule has 4 nitrogen and oxygen atoms in total. The molecule has 0 spiro atoms. The number of nitrogens with two attached hydrogens (primary N) is 1. The summed E-state index contributed by atoms with van der Waals surface area (Å²) in [5, 5.41) is -0.221.